The van der Waals surface area contributed by atoms with Crippen molar-refractivity contribution in [2.75, 3.05) is 32.8 Å². The lowest BCUT2D eigenvalue weighted by Crippen LogP contribution is -2.21. The Hall–Kier alpha value is -3.88. The van der Waals surface area contributed by atoms with Crippen LogP contribution in [0.2, 0.25) is 0 Å². The van der Waals surface area contributed by atoms with Crippen LogP contribution in [0.4, 0.5) is 5.69 Å². The van der Waals surface area contributed by atoms with Crippen molar-refractivity contribution in [3.63, 3.8) is 0 Å². The fourth-order valence-electron chi connectivity index (χ4n) is 2.67. The minimum absolute atomic E-state index is 0.112. The number of benzene rings is 2. The summed E-state index contributed by atoms with van der Waals surface area (Å²) in [6, 6.07) is 12.0. The first-order chi connectivity index (χ1) is 14.5. The van der Waals surface area contributed by atoms with Crippen LogP contribution < -0.4 is 19.5 Å². The van der Waals surface area contributed by atoms with Crippen LogP contribution >= 0.6 is 0 Å². The zero-order chi connectivity index (χ0) is 21.5. The number of aromatic nitrogens is 2. The zero-order valence-electron chi connectivity index (χ0n) is 16.8. The molecule has 1 amide bonds. The average molecular weight is 411 g/mol. The highest BCUT2D eigenvalue weighted by atomic mass is 16.5. The number of nitrogens with one attached hydrogen (secondary N) is 1. The molecule has 1 heterocycles. The van der Waals surface area contributed by atoms with Crippen molar-refractivity contribution in [1.29, 1.82) is 0 Å². The van der Waals surface area contributed by atoms with E-state index in [-0.39, 0.29) is 24.9 Å². The van der Waals surface area contributed by atoms with Gasteiger partial charge < -0.3 is 24.3 Å². The third-order valence-corrected chi connectivity index (χ3v) is 4.05. The van der Waals surface area contributed by atoms with Crippen LogP contribution in [0.25, 0.3) is 10.9 Å². The van der Waals surface area contributed by atoms with Gasteiger partial charge >= 0.3 is 5.97 Å². The highest BCUT2D eigenvalue weighted by Gasteiger charge is 2.17. The number of fused-ring (bicyclic) bond motifs is 1. The van der Waals surface area contributed by atoms with E-state index >= 15 is 0 Å². The molecule has 30 heavy (non-hydrogen) atoms. The Kier molecular flexibility index (Phi) is 6.63. The van der Waals surface area contributed by atoms with Gasteiger partial charge in [-0.3, -0.25) is 4.79 Å². The summed E-state index contributed by atoms with van der Waals surface area (Å²) in [5.74, 6) is -0.0810. The minimum atomic E-state index is -0.666. The largest absolute Gasteiger partial charge is 0.497 e. The standard InChI is InChI=1S/C21H21N3O6/c1-4-29-21(26)19-23-15-8-6-5-7-14(15)20(24-19)30-12-18(25)22-16-10-9-13(27-2)11-17(16)28-3/h5-11H,4,12H2,1-3H3,(H,22,25). The Bertz CT molecular complexity index is 1070. The van der Waals surface area contributed by atoms with Gasteiger partial charge in [0.15, 0.2) is 6.61 Å². The van der Waals surface area contributed by atoms with Gasteiger partial charge in [-0.25, -0.2) is 9.78 Å². The number of nitrogens with zero attached hydrogens (tertiary/aromatic N) is 2. The maximum absolute atomic E-state index is 12.4. The number of rotatable bonds is 8. The molecule has 3 aromatic rings. The van der Waals surface area contributed by atoms with Crippen LogP contribution in [-0.4, -0.2) is 49.3 Å². The number of hydrogen-bond acceptors (Lipinski definition) is 8. The Labute approximate surface area is 172 Å². The molecule has 1 aromatic heterocycles. The summed E-state index contributed by atoms with van der Waals surface area (Å²) in [4.78, 5) is 32.8. The van der Waals surface area contributed by atoms with Crippen molar-refractivity contribution in [2.45, 2.75) is 6.92 Å². The molecule has 0 spiro atoms. The highest BCUT2D eigenvalue weighted by molar-refractivity contribution is 5.94. The molecule has 0 aliphatic carbocycles. The number of esters is 1. The summed E-state index contributed by atoms with van der Waals surface area (Å²) in [6.07, 6.45) is 0. The molecular weight excluding hydrogens is 390 g/mol. The van der Waals surface area contributed by atoms with Crippen LogP contribution in [0.1, 0.15) is 17.5 Å². The molecule has 0 bridgehead atoms. The Balaban J connectivity index is 1.78. The average Bonchev–Trinajstić information content (AvgIpc) is 2.77. The molecule has 2 aromatic carbocycles. The SMILES string of the molecule is CCOC(=O)c1nc(OCC(=O)Nc2ccc(OC)cc2OC)c2ccccc2n1. The second kappa shape index (κ2) is 9.55. The predicted octanol–water partition coefficient (Wildman–Crippen LogP) is 2.84. The molecule has 0 fully saturated rings. The first-order valence-corrected chi connectivity index (χ1v) is 9.14. The topological polar surface area (TPSA) is 109 Å². The van der Waals surface area contributed by atoms with Crippen molar-refractivity contribution < 1.29 is 28.5 Å². The van der Waals surface area contributed by atoms with Gasteiger partial charge in [0.1, 0.15) is 11.5 Å². The first-order valence-electron chi connectivity index (χ1n) is 9.14. The number of amides is 1. The van der Waals surface area contributed by atoms with Gasteiger partial charge in [-0.1, -0.05) is 12.1 Å². The molecule has 156 valence electrons. The van der Waals surface area contributed by atoms with Gasteiger partial charge in [0.2, 0.25) is 11.7 Å². The molecule has 0 aliphatic rings. The fraction of sp³-hybridized carbons (Fsp3) is 0.238. The van der Waals surface area contributed by atoms with Crippen molar-refractivity contribution in [1.82, 2.24) is 9.97 Å². The maximum Gasteiger partial charge on any atom is 0.376 e. The number of anilines is 1. The van der Waals surface area contributed by atoms with E-state index in [4.69, 9.17) is 18.9 Å². The van der Waals surface area contributed by atoms with E-state index in [2.05, 4.69) is 15.3 Å². The van der Waals surface area contributed by atoms with E-state index in [1.807, 2.05) is 0 Å². The second-order valence-corrected chi connectivity index (χ2v) is 5.99. The predicted molar refractivity (Wildman–Crippen MR) is 109 cm³/mol. The number of carbonyl (C=O) groups excluding carboxylic acids is 2. The molecule has 9 heteroatoms. The van der Waals surface area contributed by atoms with Gasteiger partial charge in [-0.05, 0) is 31.2 Å². The van der Waals surface area contributed by atoms with Crippen LogP contribution in [0.15, 0.2) is 42.5 Å². The Morgan fingerprint density at radius 1 is 1.03 bits per heavy atom. The smallest absolute Gasteiger partial charge is 0.376 e. The van der Waals surface area contributed by atoms with Gasteiger partial charge in [0, 0.05) is 6.07 Å². The quantitative estimate of drug-likeness (QED) is 0.564. The zero-order valence-corrected chi connectivity index (χ0v) is 16.8. The van der Waals surface area contributed by atoms with E-state index in [0.29, 0.717) is 28.1 Å². The van der Waals surface area contributed by atoms with Crippen molar-refractivity contribution in [3.8, 4) is 17.4 Å². The molecular formula is C21H21N3O6. The number of carbonyl (C=O) groups is 2. The molecule has 0 saturated carbocycles. The minimum Gasteiger partial charge on any atom is -0.497 e. The summed E-state index contributed by atoms with van der Waals surface area (Å²) in [5.41, 5.74) is 0.967. The number of methoxy groups -OCH3 is 2. The van der Waals surface area contributed by atoms with Crippen LogP contribution in [0, 0.1) is 0 Å². The van der Waals surface area contributed by atoms with Crippen molar-refractivity contribution >= 4 is 28.5 Å². The summed E-state index contributed by atoms with van der Waals surface area (Å²) >= 11 is 0. The summed E-state index contributed by atoms with van der Waals surface area (Å²) in [5, 5.41) is 3.28. The first kappa shape index (κ1) is 20.8. The van der Waals surface area contributed by atoms with Gasteiger partial charge in [0.05, 0.1) is 37.4 Å². The number of ether oxygens (including phenoxy) is 4. The summed E-state index contributed by atoms with van der Waals surface area (Å²) in [6.45, 7) is 1.55. The van der Waals surface area contributed by atoms with Crippen LogP contribution in [-0.2, 0) is 9.53 Å². The normalized spacial score (nSPS) is 10.4. The van der Waals surface area contributed by atoms with Crippen molar-refractivity contribution in [3.05, 3.63) is 48.3 Å². The molecule has 0 radical (unpaired) electrons. The third kappa shape index (κ3) is 4.75. The van der Waals surface area contributed by atoms with Crippen LogP contribution in [0.5, 0.6) is 17.4 Å². The van der Waals surface area contributed by atoms with E-state index in [1.165, 1.54) is 14.2 Å². The molecule has 3 rings (SSSR count). The Morgan fingerprint density at radius 2 is 1.83 bits per heavy atom. The number of hydrogen-bond donors (Lipinski definition) is 1. The maximum atomic E-state index is 12.4. The second-order valence-electron chi connectivity index (χ2n) is 5.99. The van der Waals surface area contributed by atoms with E-state index in [1.54, 1.807) is 49.4 Å². The molecule has 9 nitrogen and oxygen atoms in total. The monoisotopic (exact) mass is 411 g/mol. The molecule has 0 saturated heterocycles. The molecule has 0 unspecified atom stereocenters. The van der Waals surface area contributed by atoms with E-state index in [9.17, 15) is 9.59 Å². The lowest BCUT2D eigenvalue weighted by Gasteiger charge is -2.13. The molecule has 0 aliphatic heterocycles. The number of para-hydroxylation sites is 1. The highest BCUT2D eigenvalue weighted by Crippen LogP contribution is 2.29. The Morgan fingerprint density at radius 3 is 2.57 bits per heavy atom. The summed E-state index contributed by atoms with van der Waals surface area (Å²) in [7, 11) is 3.03. The van der Waals surface area contributed by atoms with E-state index < -0.39 is 11.9 Å². The van der Waals surface area contributed by atoms with Gasteiger partial charge in [0.25, 0.3) is 5.91 Å². The van der Waals surface area contributed by atoms with Gasteiger partial charge in [-0.15, -0.1) is 0 Å². The van der Waals surface area contributed by atoms with Gasteiger partial charge in [-0.2, -0.15) is 4.98 Å². The molecule has 0 atom stereocenters. The van der Waals surface area contributed by atoms with Crippen LogP contribution in [0.3, 0.4) is 0 Å². The fourth-order valence-corrected chi connectivity index (χ4v) is 2.67. The van der Waals surface area contributed by atoms with Crippen molar-refractivity contribution in [2.24, 2.45) is 0 Å². The molecule has 1 N–H and O–H groups in total. The lowest BCUT2D eigenvalue weighted by molar-refractivity contribution is -0.118. The van der Waals surface area contributed by atoms with E-state index in [0.717, 1.165) is 0 Å². The third-order valence-electron chi connectivity index (χ3n) is 4.05. The summed E-state index contributed by atoms with van der Waals surface area (Å²) < 4.78 is 21.0. The lowest BCUT2D eigenvalue weighted by atomic mass is 10.2.